The SMILES string of the molecule is [2H]C1([2H])OC(C([2H])([2H])[2H])(C([2H])([2H])[2H])C([2H])([2H])n2nc(-c3ccc(F)cn3)c(Br)c21. The van der Waals surface area contributed by atoms with Gasteiger partial charge in [0.1, 0.15) is 11.5 Å². The number of hydrogen-bond donors (Lipinski definition) is 0. The van der Waals surface area contributed by atoms with Crippen molar-refractivity contribution in [2.75, 3.05) is 0 Å². The van der Waals surface area contributed by atoms with Crippen molar-refractivity contribution in [1.29, 1.82) is 0 Å². The monoisotopic (exact) mass is 335 g/mol. The number of nitrogens with zero attached hydrogens (tertiary/aromatic N) is 3. The van der Waals surface area contributed by atoms with Crippen molar-refractivity contribution in [3.8, 4) is 11.4 Å². The molecule has 0 saturated heterocycles. The normalized spacial score (nSPS) is 31.7. The fourth-order valence-corrected chi connectivity index (χ4v) is 2.08. The summed E-state index contributed by atoms with van der Waals surface area (Å²) >= 11 is 3.07. The van der Waals surface area contributed by atoms with Gasteiger partial charge < -0.3 is 4.74 Å². The van der Waals surface area contributed by atoms with Crippen LogP contribution in [0.3, 0.4) is 0 Å². The Labute approximate surface area is 132 Å². The summed E-state index contributed by atoms with van der Waals surface area (Å²) in [5, 5.41) is 3.91. The highest BCUT2D eigenvalue weighted by Crippen LogP contribution is 2.34. The van der Waals surface area contributed by atoms with Crippen molar-refractivity contribution in [1.82, 2.24) is 14.8 Å². The summed E-state index contributed by atoms with van der Waals surface area (Å²) in [5.41, 5.74) is -4.28. The Morgan fingerprint density at radius 1 is 1.58 bits per heavy atom. The van der Waals surface area contributed by atoms with Crippen molar-refractivity contribution in [3.63, 3.8) is 0 Å². The lowest BCUT2D eigenvalue weighted by molar-refractivity contribution is -0.0663. The maximum atomic E-state index is 13.2. The summed E-state index contributed by atoms with van der Waals surface area (Å²) in [6.07, 6.45) is 0.856. The van der Waals surface area contributed by atoms with Gasteiger partial charge in [-0.3, -0.25) is 9.67 Å². The van der Waals surface area contributed by atoms with Gasteiger partial charge in [0.05, 0.1) is 46.2 Å². The quantitative estimate of drug-likeness (QED) is 0.803. The maximum absolute atomic E-state index is 13.2. The highest BCUT2D eigenvalue weighted by molar-refractivity contribution is 9.10. The zero-order valence-corrected chi connectivity index (χ0v) is 10.8. The fourth-order valence-electron chi connectivity index (χ4n) is 1.54. The van der Waals surface area contributed by atoms with E-state index in [1.807, 2.05) is 0 Å². The number of rotatable bonds is 1. The molecule has 0 N–H and O–H groups in total. The molecule has 4 nitrogen and oxygen atoms in total. The average molecular weight is 336 g/mol. The van der Waals surface area contributed by atoms with Crippen LogP contribution >= 0.6 is 15.9 Å². The first-order valence-corrected chi connectivity index (χ1v) is 5.88. The van der Waals surface area contributed by atoms with Gasteiger partial charge in [-0.1, -0.05) is 0 Å². The minimum atomic E-state index is -3.60. The first-order chi connectivity index (χ1) is 13.0. The van der Waals surface area contributed by atoms with Gasteiger partial charge in [-0.05, 0) is 41.8 Å². The van der Waals surface area contributed by atoms with Crippen molar-refractivity contribution in [2.45, 2.75) is 32.4 Å². The van der Waals surface area contributed by atoms with Crippen LogP contribution < -0.4 is 0 Å². The van der Waals surface area contributed by atoms with Crippen molar-refractivity contribution in [2.24, 2.45) is 0 Å². The van der Waals surface area contributed by atoms with E-state index in [0.717, 1.165) is 12.3 Å². The van der Waals surface area contributed by atoms with Gasteiger partial charge in [0.15, 0.2) is 0 Å². The highest BCUT2D eigenvalue weighted by atomic mass is 79.9. The van der Waals surface area contributed by atoms with Crippen LogP contribution in [0.2, 0.25) is 0 Å². The molecule has 3 rings (SSSR count). The zero-order chi connectivity index (χ0) is 22.2. The van der Waals surface area contributed by atoms with E-state index in [4.69, 9.17) is 18.4 Å². The summed E-state index contributed by atoms with van der Waals surface area (Å²) in [6, 6.07) is 2.24. The molecular weight excluding hydrogens is 313 g/mol. The predicted octanol–water partition coefficient (Wildman–Crippen LogP) is 3.16. The van der Waals surface area contributed by atoms with E-state index < -0.39 is 43.9 Å². The van der Waals surface area contributed by atoms with Crippen LogP contribution in [-0.4, -0.2) is 20.4 Å². The summed E-state index contributed by atoms with van der Waals surface area (Å²) in [7, 11) is 0. The molecule has 0 atom stereocenters. The second kappa shape index (κ2) is 4.38. The minimum absolute atomic E-state index is 0.0140. The van der Waals surface area contributed by atoms with E-state index in [1.165, 1.54) is 6.07 Å². The molecule has 6 heteroatoms. The molecular formula is C13H13BrFN3O. The largest absolute Gasteiger partial charge is 0.367 e. The molecule has 1 aliphatic heterocycles. The van der Waals surface area contributed by atoms with Crippen LogP contribution in [0.15, 0.2) is 22.8 Å². The number of pyridine rings is 1. The van der Waals surface area contributed by atoms with Crippen molar-refractivity contribution < 1.29 is 22.8 Å². The summed E-state index contributed by atoms with van der Waals surface area (Å²) in [6.45, 7) is -13.6. The number of hydrogen-bond acceptors (Lipinski definition) is 3. The minimum Gasteiger partial charge on any atom is -0.367 e. The molecule has 3 heterocycles. The van der Waals surface area contributed by atoms with Crippen LogP contribution in [0, 0.1) is 5.82 Å². The van der Waals surface area contributed by atoms with Crippen LogP contribution in [0.5, 0.6) is 0 Å². The molecule has 0 bridgehead atoms. The number of aromatic nitrogens is 3. The summed E-state index contributed by atoms with van der Waals surface area (Å²) < 4.78 is 97.5. The molecule has 100 valence electrons. The van der Waals surface area contributed by atoms with Crippen LogP contribution in [0.4, 0.5) is 4.39 Å². The lowest BCUT2D eigenvalue weighted by Crippen LogP contribution is -2.36. The van der Waals surface area contributed by atoms with Gasteiger partial charge in [0.2, 0.25) is 0 Å². The fraction of sp³-hybridized carbons (Fsp3) is 0.385. The lowest BCUT2D eigenvalue weighted by Gasteiger charge is -2.30. The second-order valence-electron chi connectivity index (χ2n) is 3.78. The maximum Gasteiger partial charge on any atom is 0.141 e. The lowest BCUT2D eigenvalue weighted by atomic mass is 10.1. The molecule has 0 spiro atoms. The van der Waals surface area contributed by atoms with Crippen LogP contribution in [-0.2, 0) is 17.8 Å². The number of ether oxygens (including phenoxy) is 1. The van der Waals surface area contributed by atoms with Gasteiger partial charge in [-0.2, -0.15) is 5.10 Å². The standard InChI is InChI=1S/C13H13BrFN3O/c1-13(2)7-18-10(6-19-13)11(14)12(17-18)9-4-3-8(15)5-16-9/h3-5H,6-7H2,1-2H3/i1D3,2D3,6D2,7D2. The summed E-state index contributed by atoms with van der Waals surface area (Å²) in [4.78, 5) is 3.79. The first kappa shape index (κ1) is 5.61. The third-order valence-electron chi connectivity index (χ3n) is 2.36. The van der Waals surface area contributed by atoms with E-state index in [-0.39, 0.29) is 15.9 Å². The molecule has 0 saturated carbocycles. The third kappa shape index (κ3) is 2.30. The van der Waals surface area contributed by atoms with E-state index in [9.17, 15) is 4.39 Å². The summed E-state index contributed by atoms with van der Waals surface area (Å²) in [5.74, 6) is -0.661. The van der Waals surface area contributed by atoms with E-state index in [0.29, 0.717) is 4.68 Å². The number of halogens is 2. The molecule has 0 aromatic carbocycles. The molecule has 0 unspecified atom stereocenters. The smallest absolute Gasteiger partial charge is 0.141 e. The Bertz CT molecular complexity index is 939. The highest BCUT2D eigenvalue weighted by Gasteiger charge is 2.30. The van der Waals surface area contributed by atoms with Crippen molar-refractivity contribution >= 4 is 15.9 Å². The molecule has 0 amide bonds. The second-order valence-corrected chi connectivity index (χ2v) is 4.57. The first-order valence-electron chi connectivity index (χ1n) is 10.1. The topological polar surface area (TPSA) is 39.9 Å². The Morgan fingerprint density at radius 3 is 3.11 bits per heavy atom. The molecule has 2 aromatic heterocycles. The Morgan fingerprint density at radius 2 is 2.42 bits per heavy atom. The van der Waals surface area contributed by atoms with Crippen LogP contribution in [0.25, 0.3) is 11.4 Å². The molecule has 1 aliphatic rings. The van der Waals surface area contributed by atoms with Gasteiger partial charge in [-0.25, -0.2) is 4.39 Å². The average Bonchev–Trinajstić information content (AvgIpc) is 2.89. The molecule has 0 radical (unpaired) electrons. The van der Waals surface area contributed by atoms with E-state index >= 15 is 0 Å². The van der Waals surface area contributed by atoms with Crippen LogP contribution in [0.1, 0.15) is 33.1 Å². The molecule has 2 aromatic rings. The van der Waals surface area contributed by atoms with E-state index in [1.54, 1.807) is 0 Å². The van der Waals surface area contributed by atoms with Gasteiger partial charge in [0, 0.05) is 8.22 Å². The zero-order valence-electron chi connectivity index (χ0n) is 19.2. The third-order valence-corrected chi connectivity index (χ3v) is 3.11. The van der Waals surface area contributed by atoms with Gasteiger partial charge in [0.25, 0.3) is 0 Å². The Hall–Kier alpha value is -1.27. The predicted molar refractivity (Wildman–Crippen MR) is 72.0 cm³/mol. The van der Waals surface area contributed by atoms with Gasteiger partial charge >= 0.3 is 0 Å². The Balaban J connectivity index is 2.37. The van der Waals surface area contributed by atoms with E-state index in [2.05, 4.69) is 26.0 Å². The Kier molecular flexibility index (Phi) is 1.30. The van der Waals surface area contributed by atoms with Gasteiger partial charge in [-0.15, -0.1) is 0 Å². The molecule has 19 heavy (non-hydrogen) atoms. The molecule has 0 fully saturated rings. The molecule has 0 aliphatic carbocycles. The van der Waals surface area contributed by atoms with Crippen molar-refractivity contribution in [3.05, 3.63) is 34.3 Å². The number of fused-ring (bicyclic) bond motifs is 1.